The number of carbonyl (C=O) groups is 3. The molecule has 1 N–H and O–H groups in total. The number of thioether (sulfide) groups is 1. The van der Waals surface area contributed by atoms with Crippen molar-refractivity contribution in [2.45, 2.75) is 88.9 Å². The van der Waals surface area contributed by atoms with Crippen molar-refractivity contribution < 1.29 is 24.2 Å². The molecule has 3 unspecified atom stereocenters. The van der Waals surface area contributed by atoms with Crippen molar-refractivity contribution in [3.63, 3.8) is 0 Å². The topological polar surface area (TPSA) is 90.4 Å². The molecule has 8 nitrogen and oxygen atoms in total. The molecule has 1 spiro atoms. The van der Waals surface area contributed by atoms with E-state index in [0.717, 1.165) is 12.2 Å². The maximum absolute atomic E-state index is 14.8. The highest BCUT2D eigenvalue weighted by Crippen LogP contribution is 2.69. The van der Waals surface area contributed by atoms with E-state index < -0.39 is 34.2 Å². The van der Waals surface area contributed by atoms with Crippen LogP contribution in [-0.2, 0) is 14.4 Å². The van der Waals surface area contributed by atoms with Crippen molar-refractivity contribution in [2.75, 3.05) is 31.2 Å². The molecule has 4 rings (SSSR count). The van der Waals surface area contributed by atoms with Crippen molar-refractivity contribution in [3.05, 3.63) is 49.6 Å². The molecule has 0 radical (unpaired) electrons. The first kappa shape index (κ1) is 34.1. The van der Waals surface area contributed by atoms with Crippen LogP contribution in [0.1, 0.15) is 61.3 Å². The fourth-order valence-corrected chi connectivity index (χ4v) is 10.1. The van der Waals surface area contributed by atoms with E-state index in [9.17, 15) is 19.5 Å². The van der Waals surface area contributed by atoms with Crippen molar-refractivity contribution in [3.8, 4) is 5.75 Å². The van der Waals surface area contributed by atoms with E-state index in [1.54, 1.807) is 38.6 Å². The summed E-state index contributed by atoms with van der Waals surface area (Å²) in [6.07, 6.45) is 4.71. The minimum Gasteiger partial charge on any atom is -0.494 e. The molecule has 1 aromatic carbocycles. The number of benzene rings is 1. The van der Waals surface area contributed by atoms with Crippen molar-refractivity contribution in [2.24, 2.45) is 23.7 Å². The lowest BCUT2D eigenvalue weighted by Crippen LogP contribution is -2.62. The van der Waals surface area contributed by atoms with Gasteiger partial charge in [-0.2, -0.15) is 0 Å². The smallest absolute Gasteiger partial charge is 0.247 e. The molecule has 9 heteroatoms. The van der Waals surface area contributed by atoms with E-state index in [2.05, 4.69) is 33.9 Å². The standard InChI is InChI=1S/C35H51N3O5S/c1-10-17-36(24-13-15-26(16-14-24)43-12-3)31(40)28-27-20-23(6)35(44-27)29(28)32(41)38(25(21-39)19-22(4)5)30(35)33(42)37(18-11-2)34(7,8)9/h10-11,13-16,22-23,25,27-30,39H,1-2,12,17-21H2,3-9H3/t23?,25-,27-,28+,29+,30?,35?/m1/s1. The molecule has 2 bridgehead atoms. The predicted molar refractivity (Wildman–Crippen MR) is 178 cm³/mol. The van der Waals surface area contributed by atoms with Gasteiger partial charge in [-0.05, 0) is 76.6 Å². The van der Waals surface area contributed by atoms with Gasteiger partial charge in [0.1, 0.15) is 11.8 Å². The second-order valence-electron chi connectivity index (χ2n) is 13.8. The molecule has 0 aliphatic carbocycles. The molecular weight excluding hydrogens is 574 g/mol. The molecule has 1 aromatic rings. The second-order valence-corrected chi connectivity index (χ2v) is 15.4. The number of likely N-dealkylation sites (tertiary alicyclic amines) is 1. The Morgan fingerprint density at radius 2 is 1.80 bits per heavy atom. The summed E-state index contributed by atoms with van der Waals surface area (Å²) in [5, 5.41) is 10.6. The lowest BCUT2D eigenvalue weighted by Gasteiger charge is -2.45. The van der Waals surface area contributed by atoms with Crippen LogP contribution in [0.2, 0.25) is 0 Å². The molecule has 3 aliphatic rings. The Hall–Kier alpha value is -2.78. The largest absolute Gasteiger partial charge is 0.494 e. The highest BCUT2D eigenvalue weighted by Gasteiger charge is 2.77. The molecule has 3 fully saturated rings. The van der Waals surface area contributed by atoms with Gasteiger partial charge in [0, 0.05) is 29.6 Å². The van der Waals surface area contributed by atoms with Gasteiger partial charge < -0.3 is 24.5 Å². The molecule has 3 heterocycles. The first-order valence-electron chi connectivity index (χ1n) is 16.0. The van der Waals surface area contributed by atoms with Gasteiger partial charge in [-0.15, -0.1) is 24.9 Å². The third kappa shape index (κ3) is 5.82. The normalized spacial score (nSPS) is 28.2. The van der Waals surface area contributed by atoms with Gasteiger partial charge in [-0.25, -0.2) is 0 Å². The van der Waals surface area contributed by atoms with Crippen LogP contribution < -0.4 is 9.64 Å². The fourth-order valence-electron chi connectivity index (χ4n) is 7.73. The average Bonchev–Trinajstić information content (AvgIpc) is 3.56. The molecule has 3 saturated heterocycles. The van der Waals surface area contributed by atoms with E-state index in [-0.39, 0.29) is 41.4 Å². The molecule has 242 valence electrons. The third-order valence-electron chi connectivity index (χ3n) is 9.47. The Labute approximate surface area is 267 Å². The number of fused-ring (bicyclic) bond motifs is 1. The van der Waals surface area contributed by atoms with E-state index in [4.69, 9.17) is 4.74 Å². The Morgan fingerprint density at radius 1 is 1.16 bits per heavy atom. The van der Waals surface area contributed by atoms with Crippen LogP contribution >= 0.6 is 11.8 Å². The van der Waals surface area contributed by atoms with Crippen LogP contribution in [0.3, 0.4) is 0 Å². The summed E-state index contributed by atoms with van der Waals surface area (Å²) in [6.45, 7) is 22.9. The monoisotopic (exact) mass is 625 g/mol. The highest BCUT2D eigenvalue weighted by molar-refractivity contribution is 8.02. The van der Waals surface area contributed by atoms with E-state index in [0.29, 0.717) is 31.8 Å². The number of aliphatic hydroxyl groups is 1. The number of hydrogen-bond acceptors (Lipinski definition) is 6. The molecule has 3 amide bonds. The zero-order chi connectivity index (χ0) is 32.6. The quantitative estimate of drug-likeness (QED) is 0.305. The van der Waals surface area contributed by atoms with Gasteiger partial charge in [-0.1, -0.05) is 32.9 Å². The Balaban J connectivity index is 1.83. The van der Waals surface area contributed by atoms with Gasteiger partial charge in [0.15, 0.2) is 0 Å². The summed E-state index contributed by atoms with van der Waals surface area (Å²) in [4.78, 5) is 49.4. The Kier molecular flexibility index (Phi) is 10.3. The Bertz CT molecular complexity index is 1240. The summed E-state index contributed by atoms with van der Waals surface area (Å²) < 4.78 is 4.83. The third-order valence-corrected chi connectivity index (χ3v) is 11.6. The Morgan fingerprint density at radius 3 is 2.32 bits per heavy atom. The number of rotatable bonds is 13. The number of aliphatic hydroxyl groups excluding tert-OH is 1. The van der Waals surface area contributed by atoms with Crippen molar-refractivity contribution in [1.82, 2.24) is 9.80 Å². The molecule has 3 aliphatic heterocycles. The first-order valence-corrected chi connectivity index (χ1v) is 16.8. The van der Waals surface area contributed by atoms with E-state index >= 15 is 0 Å². The minimum atomic E-state index is -0.795. The van der Waals surface area contributed by atoms with E-state index in [1.165, 1.54) is 0 Å². The van der Waals surface area contributed by atoms with Crippen molar-refractivity contribution >= 4 is 35.2 Å². The average molecular weight is 626 g/mol. The number of anilines is 1. The molecule has 7 atom stereocenters. The van der Waals surface area contributed by atoms with Crippen LogP contribution in [0.15, 0.2) is 49.6 Å². The van der Waals surface area contributed by atoms with Crippen LogP contribution in [0.25, 0.3) is 0 Å². The predicted octanol–water partition coefficient (Wildman–Crippen LogP) is 5.16. The van der Waals surface area contributed by atoms with Gasteiger partial charge in [-0.3, -0.25) is 14.4 Å². The number of carbonyl (C=O) groups excluding carboxylic acids is 3. The molecular formula is C35H51N3O5S. The summed E-state index contributed by atoms with van der Waals surface area (Å²) in [5.74, 6) is -0.801. The second kappa shape index (κ2) is 13.3. The number of amides is 3. The summed E-state index contributed by atoms with van der Waals surface area (Å²) in [5.41, 5.74) is 0.191. The van der Waals surface area contributed by atoms with Gasteiger partial charge >= 0.3 is 0 Å². The first-order chi connectivity index (χ1) is 20.8. The summed E-state index contributed by atoms with van der Waals surface area (Å²) in [6, 6.07) is 6.09. The van der Waals surface area contributed by atoms with Crippen LogP contribution in [0.4, 0.5) is 5.69 Å². The maximum Gasteiger partial charge on any atom is 0.247 e. The fraction of sp³-hybridized carbons (Fsp3) is 0.629. The number of nitrogens with zero attached hydrogens (tertiary/aromatic N) is 3. The summed E-state index contributed by atoms with van der Waals surface area (Å²) >= 11 is 1.66. The molecule has 44 heavy (non-hydrogen) atoms. The van der Waals surface area contributed by atoms with Gasteiger partial charge in [0.25, 0.3) is 0 Å². The zero-order valence-corrected chi connectivity index (χ0v) is 28.3. The lowest BCUT2D eigenvalue weighted by atomic mass is 9.65. The zero-order valence-electron chi connectivity index (χ0n) is 27.5. The lowest BCUT2D eigenvalue weighted by molar-refractivity contribution is -0.148. The highest BCUT2D eigenvalue weighted by atomic mass is 32.2. The molecule has 0 saturated carbocycles. The molecule has 0 aromatic heterocycles. The van der Waals surface area contributed by atoms with Crippen LogP contribution in [0, 0.1) is 23.7 Å². The summed E-state index contributed by atoms with van der Waals surface area (Å²) in [7, 11) is 0. The van der Waals surface area contributed by atoms with Gasteiger partial charge in [0.2, 0.25) is 17.7 Å². The van der Waals surface area contributed by atoms with Crippen molar-refractivity contribution in [1.29, 1.82) is 0 Å². The number of ether oxygens (including phenoxy) is 1. The SMILES string of the molecule is C=CCN(C(=O)[C@@H]1[C@H]2C(=O)N([C@@H](CO)CC(C)C)C(C(=O)N(CC=C)C(C)(C)C)C23S[C@@H]1CC3C)c1ccc(OCC)cc1. The number of hydrogen-bond donors (Lipinski definition) is 1. The van der Waals surface area contributed by atoms with Crippen LogP contribution in [0.5, 0.6) is 5.75 Å². The van der Waals surface area contributed by atoms with Gasteiger partial charge in [0.05, 0.1) is 35.8 Å². The minimum absolute atomic E-state index is 0.0247. The van der Waals surface area contributed by atoms with E-state index in [1.807, 2.05) is 52.0 Å². The van der Waals surface area contributed by atoms with Crippen LogP contribution in [-0.4, -0.2) is 86.6 Å². The maximum atomic E-state index is 14.8.